The average molecular weight is 459 g/mol. The number of likely N-dealkylation sites (tertiary alicyclic amines) is 2. The zero-order chi connectivity index (χ0) is 22.6. The van der Waals surface area contributed by atoms with E-state index in [4.69, 9.17) is 4.74 Å². The van der Waals surface area contributed by atoms with Crippen molar-refractivity contribution in [1.29, 1.82) is 0 Å². The highest BCUT2D eigenvalue weighted by molar-refractivity contribution is 7.89. The van der Waals surface area contributed by atoms with Gasteiger partial charge >= 0.3 is 6.09 Å². The maximum atomic E-state index is 12.9. The lowest BCUT2D eigenvalue weighted by Crippen LogP contribution is -2.54. The minimum atomic E-state index is -3.24. The van der Waals surface area contributed by atoms with Gasteiger partial charge in [0.2, 0.25) is 10.0 Å². The lowest BCUT2D eigenvalue weighted by molar-refractivity contribution is 0.0220. The van der Waals surface area contributed by atoms with E-state index < -0.39 is 15.6 Å². The van der Waals surface area contributed by atoms with Gasteiger partial charge in [0, 0.05) is 44.8 Å². The Balaban J connectivity index is 1.41. The Hall–Kier alpha value is -0.900. The van der Waals surface area contributed by atoms with Gasteiger partial charge in [-0.1, -0.05) is 0 Å². The lowest BCUT2D eigenvalue weighted by Gasteiger charge is -2.41. The van der Waals surface area contributed by atoms with Crippen LogP contribution in [0.4, 0.5) is 4.79 Å². The van der Waals surface area contributed by atoms with Gasteiger partial charge in [-0.25, -0.2) is 13.2 Å². The van der Waals surface area contributed by atoms with E-state index in [1.165, 1.54) is 12.8 Å². The van der Waals surface area contributed by atoms with Crippen molar-refractivity contribution in [3.8, 4) is 0 Å². The molecule has 3 saturated heterocycles. The van der Waals surface area contributed by atoms with Gasteiger partial charge < -0.3 is 14.5 Å². The number of sulfonamides is 1. The van der Waals surface area contributed by atoms with Gasteiger partial charge in [-0.3, -0.25) is 4.90 Å². The number of amides is 1. The monoisotopic (exact) mass is 458 g/mol. The number of hydrogen-bond acceptors (Lipinski definition) is 6. The second-order valence-corrected chi connectivity index (χ2v) is 12.5. The molecular formula is C22H42N4O4S. The molecule has 0 aromatic carbocycles. The summed E-state index contributed by atoms with van der Waals surface area (Å²) in [7, 11) is -1.08. The van der Waals surface area contributed by atoms with E-state index in [-0.39, 0.29) is 17.9 Å². The van der Waals surface area contributed by atoms with Gasteiger partial charge in [0.25, 0.3) is 0 Å². The number of nitrogens with zero attached hydrogens (tertiary/aromatic N) is 4. The van der Waals surface area contributed by atoms with Crippen LogP contribution in [0.3, 0.4) is 0 Å². The second-order valence-electron chi connectivity index (χ2n) is 10.4. The molecule has 0 radical (unpaired) electrons. The number of carbonyl (C=O) groups excluding carboxylic acids is 1. The molecule has 3 heterocycles. The van der Waals surface area contributed by atoms with Gasteiger partial charge in [0.05, 0.1) is 5.75 Å². The first kappa shape index (κ1) is 24.7. The predicted molar refractivity (Wildman–Crippen MR) is 123 cm³/mol. The summed E-state index contributed by atoms with van der Waals surface area (Å²) < 4.78 is 33.0. The van der Waals surface area contributed by atoms with E-state index in [0.29, 0.717) is 38.5 Å². The van der Waals surface area contributed by atoms with Crippen molar-refractivity contribution >= 4 is 16.1 Å². The van der Waals surface area contributed by atoms with E-state index in [1.54, 1.807) is 9.21 Å². The van der Waals surface area contributed by atoms with Crippen LogP contribution in [0.5, 0.6) is 0 Å². The minimum Gasteiger partial charge on any atom is -0.444 e. The zero-order valence-corrected chi connectivity index (χ0v) is 20.7. The Bertz CT molecular complexity index is 693. The molecule has 0 aliphatic carbocycles. The fraction of sp³-hybridized carbons (Fsp3) is 0.955. The summed E-state index contributed by atoms with van der Waals surface area (Å²) in [6.07, 6.45) is 5.26. The molecule has 0 spiro atoms. The fourth-order valence-electron chi connectivity index (χ4n) is 5.03. The molecule has 0 aromatic heterocycles. The molecule has 31 heavy (non-hydrogen) atoms. The Morgan fingerprint density at radius 3 is 2.23 bits per heavy atom. The first-order valence-electron chi connectivity index (χ1n) is 12.0. The first-order chi connectivity index (χ1) is 14.5. The van der Waals surface area contributed by atoms with Crippen LogP contribution in [0, 0.1) is 0 Å². The van der Waals surface area contributed by atoms with Crippen molar-refractivity contribution in [3.63, 3.8) is 0 Å². The topological polar surface area (TPSA) is 73.4 Å². The third kappa shape index (κ3) is 7.04. The minimum absolute atomic E-state index is 0.0892. The molecule has 1 atom stereocenters. The molecule has 3 aliphatic heterocycles. The molecular weight excluding hydrogens is 416 g/mol. The molecule has 3 fully saturated rings. The zero-order valence-electron chi connectivity index (χ0n) is 19.9. The number of piperidine rings is 1. The quantitative estimate of drug-likeness (QED) is 0.608. The Kier molecular flexibility index (Phi) is 8.27. The van der Waals surface area contributed by atoms with Crippen LogP contribution in [0.15, 0.2) is 0 Å². The third-order valence-corrected chi connectivity index (χ3v) is 8.77. The van der Waals surface area contributed by atoms with Crippen molar-refractivity contribution in [2.75, 3.05) is 58.6 Å². The second kappa shape index (κ2) is 10.4. The number of rotatable bonds is 6. The first-order valence-corrected chi connectivity index (χ1v) is 13.6. The molecule has 0 N–H and O–H groups in total. The number of ether oxygens (including phenoxy) is 1. The van der Waals surface area contributed by atoms with Crippen LogP contribution in [0.25, 0.3) is 0 Å². The largest absolute Gasteiger partial charge is 0.444 e. The summed E-state index contributed by atoms with van der Waals surface area (Å²) in [6.45, 7) is 11.4. The molecule has 1 amide bonds. The predicted octanol–water partition coefficient (Wildman–Crippen LogP) is 2.21. The number of piperazine rings is 1. The van der Waals surface area contributed by atoms with E-state index in [9.17, 15) is 13.2 Å². The maximum absolute atomic E-state index is 12.9. The summed E-state index contributed by atoms with van der Waals surface area (Å²) in [4.78, 5) is 19.1. The summed E-state index contributed by atoms with van der Waals surface area (Å²) >= 11 is 0. The van der Waals surface area contributed by atoms with Gasteiger partial charge in [-0.2, -0.15) is 4.31 Å². The molecule has 9 heteroatoms. The molecule has 8 nitrogen and oxygen atoms in total. The van der Waals surface area contributed by atoms with Crippen LogP contribution >= 0.6 is 0 Å². The normalized spacial score (nSPS) is 25.8. The summed E-state index contributed by atoms with van der Waals surface area (Å²) in [6, 6.07) is 0.689. The highest BCUT2D eigenvalue weighted by Crippen LogP contribution is 2.25. The SMILES string of the molecule is CN1CCC(N2CCN(S(=O)(=O)CCC[C@@H]3CCCN3C(=O)OC(C)(C)C)CC2)CC1. The Morgan fingerprint density at radius 2 is 1.61 bits per heavy atom. The molecule has 3 aliphatic rings. The van der Waals surface area contributed by atoms with Crippen molar-refractivity contribution in [3.05, 3.63) is 0 Å². The fourth-order valence-corrected chi connectivity index (χ4v) is 6.54. The molecule has 180 valence electrons. The van der Waals surface area contributed by atoms with Gasteiger partial charge in [0.1, 0.15) is 5.60 Å². The highest BCUT2D eigenvalue weighted by atomic mass is 32.2. The number of hydrogen-bond donors (Lipinski definition) is 0. The molecule has 0 bridgehead atoms. The Labute approximate surface area is 188 Å². The van der Waals surface area contributed by atoms with Crippen LogP contribution < -0.4 is 0 Å². The van der Waals surface area contributed by atoms with Crippen molar-refractivity contribution in [2.24, 2.45) is 0 Å². The average Bonchev–Trinajstić information content (AvgIpc) is 3.16. The lowest BCUT2D eigenvalue weighted by atomic mass is 10.0. The van der Waals surface area contributed by atoms with Gasteiger partial charge in [0.15, 0.2) is 0 Å². The van der Waals surface area contributed by atoms with Crippen LogP contribution in [0.2, 0.25) is 0 Å². The van der Waals surface area contributed by atoms with Crippen molar-refractivity contribution in [2.45, 2.75) is 77.0 Å². The van der Waals surface area contributed by atoms with E-state index >= 15 is 0 Å². The van der Waals surface area contributed by atoms with Crippen molar-refractivity contribution < 1.29 is 17.9 Å². The molecule has 0 saturated carbocycles. The van der Waals surface area contributed by atoms with E-state index in [1.807, 2.05) is 20.8 Å². The van der Waals surface area contributed by atoms with Crippen LogP contribution in [-0.2, 0) is 14.8 Å². The summed E-state index contributed by atoms with van der Waals surface area (Å²) in [5.41, 5.74) is -0.511. The van der Waals surface area contributed by atoms with Crippen LogP contribution in [0.1, 0.15) is 59.3 Å². The summed E-state index contributed by atoms with van der Waals surface area (Å²) in [5, 5.41) is 0. The number of carbonyl (C=O) groups is 1. The van der Waals surface area contributed by atoms with E-state index in [2.05, 4.69) is 16.8 Å². The maximum Gasteiger partial charge on any atom is 0.410 e. The van der Waals surface area contributed by atoms with Crippen molar-refractivity contribution in [1.82, 2.24) is 19.0 Å². The molecule has 0 aromatic rings. The van der Waals surface area contributed by atoms with Gasteiger partial charge in [-0.15, -0.1) is 0 Å². The third-order valence-electron chi connectivity index (χ3n) is 6.82. The molecule has 0 unspecified atom stereocenters. The van der Waals surface area contributed by atoms with E-state index in [0.717, 1.165) is 39.0 Å². The standard InChI is InChI=1S/C22H42N4O4S/c1-22(2,3)30-21(27)26-11-5-7-20(26)8-6-18-31(28,29)25-16-14-24(15-17-25)19-9-12-23(4)13-10-19/h19-20H,5-18H2,1-4H3/t20-/m0/s1. The summed E-state index contributed by atoms with van der Waals surface area (Å²) in [5.74, 6) is 0.167. The highest BCUT2D eigenvalue weighted by Gasteiger charge is 2.34. The molecule has 3 rings (SSSR count). The van der Waals surface area contributed by atoms with Gasteiger partial charge in [-0.05, 0) is 79.4 Å². The van der Waals surface area contributed by atoms with Crippen LogP contribution in [-0.4, -0.2) is 110 Å². The smallest absolute Gasteiger partial charge is 0.410 e. The Morgan fingerprint density at radius 1 is 0.968 bits per heavy atom.